The lowest BCUT2D eigenvalue weighted by Crippen LogP contribution is -2.47. The first kappa shape index (κ1) is 22.3. The minimum Gasteiger partial charge on any atom is -0.373 e. The van der Waals surface area contributed by atoms with E-state index in [2.05, 4.69) is 65.0 Å². The molecular formula is C26H34N4O2. The summed E-state index contributed by atoms with van der Waals surface area (Å²) in [6.07, 6.45) is 3.17. The Morgan fingerprint density at radius 1 is 1.12 bits per heavy atom. The highest BCUT2D eigenvalue weighted by Crippen LogP contribution is 2.33. The van der Waals surface area contributed by atoms with Crippen LogP contribution in [0.5, 0.6) is 0 Å². The van der Waals surface area contributed by atoms with Gasteiger partial charge in [-0.15, -0.1) is 0 Å². The molecule has 0 aromatic heterocycles. The highest BCUT2D eigenvalue weighted by atomic mass is 16.5. The average Bonchev–Trinajstić information content (AvgIpc) is 2.84. The second-order valence-corrected chi connectivity index (χ2v) is 8.75. The number of guanidine groups is 1. The van der Waals surface area contributed by atoms with E-state index in [4.69, 9.17) is 4.74 Å². The van der Waals surface area contributed by atoms with Gasteiger partial charge in [-0.1, -0.05) is 54.1 Å². The Balaban J connectivity index is 1.28. The first-order valence-electron chi connectivity index (χ1n) is 11.6. The summed E-state index contributed by atoms with van der Waals surface area (Å²) in [5.41, 5.74) is 5.07. The molecule has 2 unspecified atom stereocenters. The van der Waals surface area contributed by atoms with Gasteiger partial charge in [0.05, 0.1) is 12.6 Å². The number of nitrogens with zero attached hydrogens (tertiary/aromatic N) is 2. The van der Waals surface area contributed by atoms with Crippen molar-refractivity contribution in [3.05, 3.63) is 70.8 Å². The van der Waals surface area contributed by atoms with Gasteiger partial charge in [-0.25, -0.2) is 0 Å². The fourth-order valence-corrected chi connectivity index (χ4v) is 4.61. The Morgan fingerprint density at radius 2 is 1.91 bits per heavy atom. The normalized spacial score (nSPS) is 21.1. The molecule has 0 saturated carbocycles. The standard InChI is InChI=1S/C26H34N4O2/c1-19-9-11-21(12-10-19)25-22(8-5-15-32-25)16-28-26(27-2)29-17-24(31)30-14-13-20-6-3-4-7-23(20)18-30/h3-4,6-7,9-12,22,25H,5,8,13-18H2,1-2H3,(H2,27,28,29). The molecule has 2 heterocycles. The molecule has 170 valence electrons. The molecule has 0 radical (unpaired) electrons. The van der Waals surface area contributed by atoms with Gasteiger partial charge in [-0.05, 0) is 42.9 Å². The molecule has 2 aromatic rings. The fraction of sp³-hybridized carbons (Fsp3) is 0.462. The molecule has 2 atom stereocenters. The molecule has 0 bridgehead atoms. The molecule has 4 rings (SSSR count). The summed E-state index contributed by atoms with van der Waals surface area (Å²) in [6.45, 7) is 5.34. The fourth-order valence-electron chi connectivity index (χ4n) is 4.61. The van der Waals surface area contributed by atoms with E-state index in [0.717, 1.165) is 39.0 Å². The number of amides is 1. The summed E-state index contributed by atoms with van der Waals surface area (Å²) in [5.74, 6) is 1.12. The van der Waals surface area contributed by atoms with E-state index in [1.54, 1.807) is 7.05 Å². The molecule has 1 amide bonds. The van der Waals surface area contributed by atoms with E-state index in [1.807, 2.05) is 11.0 Å². The van der Waals surface area contributed by atoms with Crippen LogP contribution in [-0.2, 0) is 22.5 Å². The number of rotatable bonds is 5. The summed E-state index contributed by atoms with van der Waals surface area (Å²) in [6, 6.07) is 17.0. The zero-order valence-corrected chi connectivity index (χ0v) is 19.1. The van der Waals surface area contributed by atoms with Crippen LogP contribution in [0.3, 0.4) is 0 Å². The highest BCUT2D eigenvalue weighted by Gasteiger charge is 2.27. The first-order valence-corrected chi connectivity index (χ1v) is 11.6. The van der Waals surface area contributed by atoms with Crippen LogP contribution in [0.2, 0.25) is 0 Å². The number of carbonyl (C=O) groups excluding carboxylic acids is 1. The number of hydrogen-bond donors (Lipinski definition) is 2. The van der Waals surface area contributed by atoms with Crippen LogP contribution in [0.1, 0.15) is 41.2 Å². The van der Waals surface area contributed by atoms with Crippen LogP contribution in [0, 0.1) is 12.8 Å². The van der Waals surface area contributed by atoms with Crippen LogP contribution < -0.4 is 10.6 Å². The minimum atomic E-state index is 0.0880. The second kappa shape index (κ2) is 10.6. The van der Waals surface area contributed by atoms with Crippen molar-refractivity contribution in [3.63, 3.8) is 0 Å². The van der Waals surface area contributed by atoms with E-state index in [9.17, 15) is 4.79 Å². The molecule has 2 aliphatic rings. The van der Waals surface area contributed by atoms with Gasteiger partial charge in [0.1, 0.15) is 0 Å². The Morgan fingerprint density at radius 3 is 2.69 bits per heavy atom. The van der Waals surface area contributed by atoms with Gasteiger partial charge in [0.25, 0.3) is 0 Å². The second-order valence-electron chi connectivity index (χ2n) is 8.75. The van der Waals surface area contributed by atoms with Gasteiger partial charge >= 0.3 is 0 Å². The SMILES string of the molecule is CN=C(NCC(=O)N1CCc2ccccc2C1)NCC1CCCOC1c1ccc(C)cc1. The van der Waals surface area contributed by atoms with Gasteiger partial charge < -0.3 is 20.3 Å². The number of aliphatic imine (C=N–C) groups is 1. The van der Waals surface area contributed by atoms with E-state index in [-0.39, 0.29) is 18.6 Å². The predicted octanol–water partition coefficient (Wildman–Crippen LogP) is 3.21. The lowest BCUT2D eigenvalue weighted by Gasteiger charge is -2.33. The van der Waals surface area contributed by atoms with Crippen LogP contribution >= 0.6 is 0 Å². The van der Waals surface area contributed by atoms with Gasteiger partial charge in [0.15, 0.2) is 5.96 Å². The molecule has 1 fully saturated rings. The van der Waals surface area contributed by atoms with Crippen molar-refractivity contribution in [3.8, 4) is 0 Å². The van der Waals surface area contributed by atoms with Crippen LogP contribution in [-0.4, -0.2) is 50.1 Å². The Labute approximate surface area is 191 Å². The predicted molar refractivity (Wildman–Crippen MR) is 128 cm³/mol. The van der Waals surface area contributed by atoms with E-state index < -0.39 is 0 Å². The van der Waals surface area contributed by atoms with E-state index >= 15 is 0 Å². The van der Waals surface area contributed by atoms with Crippen molar-refractivity contribution in [2.24, 2.45) is 10.9 Å². The lowest BCUT2D eigenvalue weighted by atomic mass is 9.89. The third-order valence-corrected chi connectivity index (χ3v) is 6.50. The first-order chi connectivity index (χ1) is 15.6. The molecule has 0 spiro atoms. The molecule has 1 saturated heterocycles. The number of ether oxygens (including phenoxy) is 1. The van der Waals surface area contributed by atoms with Crippen molar-refractivity contribution < 1.29 is 9.53 Å². The average molecular weight is 435 g/mol. The highest BCUT2D eigenvalue weighted by molar-refractivity contribution is 5.86. The molecular weight excluding hydrogens is 400 g/mol. The maximum Gasteiger partial charge on any atom is 0.242 e. The molecule has 2 N–H and O–H groups in total. The maximum absolute atomic E-state index is 12.8. The van der Waals surface area contributed by atoms with Gasteiger partial charge in [-0.3, -0.25) is 9.79 Å². The van der Waals surface area contributed by atoms with Gasteiger partial charge in [0.2, 0.25) is 5.91 Å². The number of hydrogen-bond acceptors (Lipinski definition) is 3. The van der Waals surface area contributed by atoms with Gasteiger partial charge in [0, 0.05) is 39.2 Å². The number of fused-ring (bicyclic) bond motifs is 1. The summed E-state index contributed by atoms with van der Waals surface area (Å²) < 4.78 is 6.13. The Hall–Kier alpha value is -2.86. The molecule has 6 nitrogen and oxygen atoms in total. The topological polar surface area (TPSA) is 66.0 Å². The molecule has 32 heavy (non-hydrogen) atoms. The van der Waals surface area contributed by atoms with Crippen LogP contribution in [0.25, 0.3) is 0 Å². The van der Waals surface area contributed by atoms with Crippen LogP contribution in [0.4, 0.5) is 0 Å². The zero-order valence-electron chi connectivity index (χ0n) is 19.1. The third-order valence-electron chi connectivity index (χ3n) is 6.50. The summed E-state index contributed by atoms with van der Waals surface area (Å²) in [4.78, 5) is 19.0. The largest absolute Gasteiger partial charge is 0.373 e. The summed E-state index contributed by atoms with van der Waals surface area (Å²) >= 11 is 0. The third kappa shape index (κ3) is 5.49. The number of carbonyl (C=O) groups is 1. The number of nitrogens with one attached hydrogen (secondary N) is 2. The molecule has 2 aliphatic heterocycles. The smallest absolute Gasteiger partial charge is 0.242 e. The van der Waals surface area contributed by atoms with E-state index in [0.29, 0.717) is 18.4 Å². The Bertz CT molecular complexity index is 941. The van der Waals surface area contributed by atoms with Gasteiger partial charge in [-0.2, -0.15) is 0 Å². The number of aryl methyl sites for hydroxylation is 1. The minimum absolute atomic E-state index is 0.0880. The van der Waals surface area contributed by atoms with Crippen LogP contribution in [0.15, 0.2) is 53.5 Å². The molecule has 6 heteroatoms. The quantitative estimate of drug-likeness (QED) is 0.560. The maximum atomic E-state index is 12.8. The molecule has 2 aromatic carbocycles. The molecule has 0 aliphatic carbocycles. The van der Waals surface area contributed by atoms with Crippen molar-refractivity contribution in [1.82, 2.24) is 15.5 Å². The van der Waals surface area contributed by atoms with E-state index in [1.165, 1.54) is 22.3 Å². The van der Waals surface area contributed by atoms with Crippen molar-refractivity contribution in [1.29, 1.82) is 0 Å². The Kier molecular flexibility index (Phi) is 7.43. The number of benzene rings is 2. The summed E-state index contributed by atoms with van der Waals surface area (Å²) in [5, 5.41) is 6.61. The summed E-state index contributed by atoms with van der Waals surface area (Å²) in [7, 11) is 1.74. The monoisotopic (exact) mass is 434 g/mol. The zero-order chi connectivity index (χ0) is 22.3. The van der Waals surface area contributed by atoms with Crippen molar-refractivity contribution in [2.45, 2.75) is 38.8 Å². The lowest BCUT2D eigenvalue weighted by molar-refractivity contribution is -0.130. The van der Waals surface area contributed by atoms with Crippen molar-refractivity contribution >= 4 is 11.9 Å². The van der Waals surface area contributed by atoms with Crippen molar-refractivity contribution in [2.75, 3.05) is 33.3 Å².